The Morgan fingerprint density at radius 1 is 0.442 bits per heavy atom. The van der Waals surface area contributed by atoms with Gasteiger partial charge in [0.25, 0.3) is 0 Å². The number of hydrogen-bond acceptors (Lipinski definition) is 5. The van der Waals surface area contributed by atoms with E-state index in [4.69, 9.17) is 19.4 Å². The summed E-state index contributed by atoms with van der Waals surface area (Å²) in [6.07, 6.45) is 0. The maximum absolute atomic E-state index is 6.59. The molecule has 5 heteroatoms. The predicted molar refractivity (Wildman–Crippen MR) is 217 cm³/mol. The van der Waals surface area contributed by atoms with Crippen molar-refractivity contribution >= 4 is 75.3 Å². The molecule has 0 unspecified atom stereocenters. The van der Waals surface area contributed by atoms with Gasteiger partial charge in [-0.2, -0.15) is 0 Å². The Bertz CT molecular complexity index is 3180. The van der Waals surface area contributed by atoms with Crippen LogP contribution in [0.5, 0.6) is 0 Å². The van der Waals surface area contributed by atoms with E-state index in [9.17, 15) is 0 Å². The standard InChI is InChI=1S/C47H27N3OS/c1-2-11-30(12-3-1)47-49-43(46-44(50-47)36-18-7-9-20-40(36)52-46)29-23-21-28(22-24-29)31-15-10-16-34(25-31)42-45-41(35-17-6-8-19-39(35)51-45)37-26-32-13-4-5-14-33(32)27-38(37)48-42/h1-27H. The van der Waals surface area contributed by atoms with Gasteiger partial charge in [0.05, 0.1) is 21.4 Å². The van der Waals surface area contributed by atoms with Crippen molar-refractivity contribution in [3.8, 4) is 45.0 Å². The first-order chi connectivity index (χ1) is 25.7. The molecule has 0 saturated carbocycles. The molecule has 52 heavy (non-hydrogen) atoms. The first-order valence-electron chi connectivity index (χ1n) is 17.3. The van der Waals surface area contributed by atoms with E-state index in [2.05, 4.69) is 133 Å². The summed E-state index contributed by atoms with van der Waals surface area (Å²) in [5, 5.41) is 6.81. The van der Waals surface area contributed by atoms with Crippen molar-refractivity contribution in [1.29, 1.82) is 0 Å². The average molecular weight is 682 g/mol. The fourth-order valence-corrected chi connectivity index (χ4v) is 8.69. The van der Waals surface area contributed by atoms with Crippen LogP contribution >= 0.6 is 11.3 Å². The average Bonchev–Trinajstić information content (AvgIpc) is 3.79. The monoisotopic (exact) mass is 681 g/mol. The third kappa shape index (κ3) is 4.57. The molecule has 0 atom stereocenters. The summed E-state index contributed by atoms with van der Waals surface area (Å²) in [7, 11) is 0. The largest absolute Gasteiger partial charge is 0.454 e. The van der Waals surface area contributed by atoms with Crippen molar-refractivity contribution in [2.75, 3.05) is 0 Å². The van der Waals surface area contributed by atoms with E-state index in [1.165, 1.54) is 15.5 Å². The van der Waals surface area contributed by atoms with Crippen LogP contribution in [0, 0.1) is 0 Å². The molecule has 4 aromatic heterocycles. The Balaban J connectivity index is 1.05. The molecule has 4 nitrogen and oxygen atoms in total. The SMILES string of the molecule is c1ccc(-c2nc(-c3ccc(-c4cccc(-c5nc6cc7ccccc7cc6c6c5oc5ccccc56)c4)cc3)c3sc4ccccc4c3n2)cc1. The van der Waals surface area contributed by atoms with Crippen LogP contribution in [0.25, 0.3) is 109 Å². The Morgan fingerprint density at radius 2 is 1.13 bits per heavy atom. The lowest BCUT2D eigenvalue weighted by atomic mass is 9.97. The highest BCUT2D eigenvalue weighted by Gasteiger charge is 2.20. The highest BCUT2D eigenvalue weighted by molar-refractivity contribution is 7.26. The highest BCUT2D eigenvalue weighted by Crippen LogP contribution is 2.42. The van der Waals surface area contributed by atoms with Crippen molar-refractivity contribution in [3.63, 3.8) is 0 Å². The second-order valence-electron chi connectivity index (χ2n) is 13.2. The van der Waals surface area contributed by atoms with Gasteiger partial charge < -0.3 is 4.42 Å². The van der Waals surface area contributed by atoms with Gasteiger partial charge in [0.1, 0.15) is 11.3 Å². The Hall–Kier alpha value is -6.69. The van der Waals surface area contributed by atoms with Crippen LogP contribution < -0.4 is 0 Å². The van der Waals surface area contributed by atoms with Crippen LogP contribution in [0.2, 0.25) is 0 Å². The molecule has 4 heterocycles. The molecule has 0 aliphatic carbocycles. The molecular weight excluding hydrogens is 655 g/mol. The molecule has 242 valence electrons. The number of benzene rings is 7. The first kappa shape index (κ1) is 29.1. The molecule has 0 saturated heterocycles. The summed E-state index contributed by atoms with van der Waals surface area (Å²) in [5.41, 5.74) is 10.7. The van der Waals surface area contributed by atoms with Crippen LogP contribution in [0.4, 0.5) is 0 Å². The Morgan fingerprint density at radius 3 is 2.00 bits per heavy atom. The number of pyridine rings is 1. The van der Waals surface area contributed by atoms with E-state index >= 15 is 0 Å². The molecule has 11 rings (SSSR count). The molecule has 0 aliphatic heterocycles. The molecule has 11 aromatic rings. The van der Waals surface area contributed by atoms with Gasteiger partial charge in [-0.25, -0.2) is 15.0 Å². The summed E-state index contributed by atoms with van der Waals surface area (Å²) in [5.74, 6) is 0.733. The molecule has 0 aliphatic rings. The maximum Gasteiger partial charge on any atom is 0.162 e. The van der Waals surface area contributed by atoms with Gasteiger partial charge >= 0.3 is 0 Å². The van der Waals surface area contributed by atoms with Gasteiger partial charge in [-0.15, -0.1) is 11.3 Å². The lowest BCUT2D eigenvalue weighted by Crippen LogP contribution is -1.93. The normalized spacial score (nSPS) is 11.8. The number of hydrogen-bond donors (Lipinski definition) is 0. The van der Waals surface area contributed by atoms with Crippen molar-refractivity contribution in [3.05, 3.63) is 164 Å². The molecule has 0 fully saturated rings. The summed E-state index contributed by atoms with van der Waals surface area (Å²) < 4.78 is 8.90. The quantitative estimate of drug-likeness (QED) is 0.174. The van der Waals surface area contributed by atoms with Crippen LogP contribution in [-0.2, 0) is 0 Å². The van der Waals surface area contributed by atoms with Crippen LogP contribution in [0.1, 0.15) is 0 Å². The van der Waals surface area contributed by atoms with E-state index in [0.29, 0.717) is 0 Å². The fourth-order valence-electron chi connectivity index (χ4n) is 7.54. The number of thiophene rings is 1. The van der Waals surface area contributed by atoms with E-state index < -0.39 is 0 Å². The van der Waals surface area contributed by atoms with Gasteiger partial charge in [-0.3, -0.25) is 0 Å². The fraction of sp³-hybridized carbons (Fsp3) is 0. The van der Waals surface area contributed by atoms with Crippen molar-refractivity contribution in [2.24, 2.45) is 0 Å². The minimum Gasteiger partial charge on any atom is -0.454 e. The first-order valence-corrected chi connectivity index (χ1v) is 18.2. The minimum absolute atomic E-state index is 0.733. The number of furan rings is 1. The summed E-state index contributed by atoms with van der Waals surface area (Å²) >= 11 is 1.75. The summed E-state index contributed by atoms with van der Waals surface area (Å²) in [6, 6.07) is 57.2. The molecule has 0 N–H and O–H groups in total. The third-order valence-electron chi connectivity index (χ3n) is 10.1. The third-order valence-corrected chi connectivity index (χ3v) is 11.2. The predicted octanol–water partition coefficient (Wildman–Crippen LogP) is 13.1. The number of para-hydroxylation sites is 1. The van der Waals surface area contributed by atoms with Crippen molar-refractivity contribution in [2.45, 2.75) is 0 Å². The molecule has 0 amide bonds. The zero-order chi connectivity index (χ0) is 34.2. The topological polar surface area (TPSA) is 51.8 Å². The van der Waals surface area contributed by atoms with Gasteiger partial charge in [-0.1, -0.05) is 133 Å². The molecule has 0 spiro atoms. The van der Waals surface area contributed by atoms with Gasteiger partial charge in [0.2, 0.25) is 0 Å². The smallest absolute Gasteiger partial charge is 0.162 e. The maximum atomic E-state index is 6.59. The zero-order valence-corrected chi connectivity index (χ0v) is 28.6. The second kappa shape index (κ2) is 11.4. The minimum atomic E-state index is 0.733. The second-order valence-corrected chi connectivity index (χ2v) is 14.2. The lowest BCUT2D eigenvalue weighted by molar-refractivity contribution is 0.669. The van der Waals surface area contributed by atoms with Crippen molar-refractivity contribution in [1.82, 2.24) is 15.0 Å². The van der Waals surface area contributed by atoms with E-state index in [1.807, 2.05) is 30.3 Å². The van der Waals surface area contributed by atoms with E-state index in [0.717, 1.165) is 93.5 Å². The van der Waals surface area contributed by atoms with Gasteiger partial charge in [0.15, 0.2) is 11.4 Å². The molecular formula is C47H27N3OS. The van der Waals surface area contributed by atoms with Gasteiger partial charge in [-0.05, 0) is 52.2 Å². The van der Waals surface area contributed by atoms with Crippen LogP contribution in [0.3, 0.4) is 0 Å². The number of fused-ring (bicyclic) bond motifs is 9. The zero-order valence-electron chi connectivity index (χ0n) is 27.7. The summed E-state index contributed by atoms with van der Waals surface area (Å²) in [4.78, 5) is 15.5. The summed E-state index contributed by atoms with van der Waals surface area (Å²) in [6.45, 7) is 0. The Labute approximate surface area is 302 Å². The molecule has 0 bridgehead atoms. The van der Waals surface area contributed by atoms with Crippen molar-refractivity contribution < 1.29 is 4.42 Å². The highest BCUT2D eigenvalue weighted by atomic mass is 32.1. The van der Waals surface area contributed by atoms with Crippen LogP contribution in [0.15, 0.2) is 168 Å². The Kier molecular flexibility index (Phi) is 6.39. The number of aromatic nitrogens is 3. The van der Waals surface area contributed by atoms with E-state index in [1.54, 1.807) is 11.3 Å². The molecule has 0 radical (unpaired) electrons. The lowest BCUT2D eigenvalue weighted by Gasteiger charge is -2.10. The number of nitrogens with zero attached hydrogens (tertiary/aromatic N) is 3. The molecule has 7 aromatic carbocycles. The van der Waals surface area contributed by atoms with E-state index in [-0.39, 0.29) is 0 Å². The number of rotatable bonds is 4. The van der Waals surface area contributed by atoms with Gasteiger partial charge in [0, 0.05) is 42.9 Å². The van der Waals surface area contributed by atoms with Crippen LogP contribution in [-0.4, -0.2) is 15.0 Å².